The molecule has 0 radical (unpaired) electrons. The summed E-state index contributed by atoms with van der Waals surface area (Å²) in [5.74, 6) is 0.713. The summed E-state index contributed by atoms with van der Waals surface area (Å²) in [4.78, 5) is 2.41. The van der Waals surface area contributed by atoms with E-state index in [0.717, 1.165) is 46.1 Å². The van der Waals surface area contributed by atoms with Gasteiger partial charge in [-0.25, -0.2) is 0 Å². The fourth-order valence-corrected chi connectivity index (χ4v) is 2.98. The second kappa shape index (κ2) is 11.5. The lowest BCUT2D eigenvalue weighted by Gasteiger charge is -2.32. The van der Waals surface area contributed by atoms with Gasteiger partial charge in [-0.1, -0.05) is 19.3 Å². The number of rotatable bonds is 11. The maximum Gasteiger partial charge on any atom is 0.0593 e. The Morgan fingerprint density at radius 3 is 2.05 bits per heavy atom. The number of hydrogen-bond donors (Lipinski definition) is 1. The van der Waals surface area contributed by atoms with Crippen molar-refractivity contribution in [2.45, 2.75) is 52.0 Å². The number of ether oxygens (including phenoxy) is 2. The number of nitrogens with zero attached hydrogens (tertiary/aromatic N) is 1. The molecule has 0 amide bonds. The summed E-state index contributed by atoms with van der Waals surface area (Å²) < 4.78 is 10.9. The molecule has 0 bridgehead atoms. The van der Waals surface area contributed by atoms with E-state index in [2.05, 4.69) is 4.90 Å². The van der Waals surface area contributed by atoms with Gasteiger partial charge in [0.15, 0.2) is 0 Å². The van der Waals surface area contributed by atoms with E-state index < -0.39 is 0 Å². The Morgan fingerprint density at radius 1 is 1.00 bits per heavy atom. The zero-order valence-corrected chi connectivity index (χ0v) is 13.5. The minimum absolute atomic E-state index is 0.304. The van der Waals surface area contributed by atoms with Crippen molar-refractivity contribution >= 4 is 0 Å². The Labute approximate surface area is 125 Å². The van der Waals surface area contributed by atoms with Gasteiger partial charge in [0.2, 0.25) is 0 Å². The van der Waals surface area contributed by atoms with Crippen LogP contribution in [0, 0.1) is 5.92 Å². The first kappa shape index (κ1) is 17.9. The first-order chi connectivity index (χ1) is 9.77. The van der Waals surface area contributed by atoms with Crippen LogP contribution >= 0.6 is 0 Å². The Morgan fingerprint density at radius 2 is 1.55 bits per heavy atom. The second-order valence-electron chi connectivity index (χ2n) is 5.76. The van der Waals surface area contributed by atoms with Crippen molar-refractivity contribution in [3.8, 4) is 0 Å². The van der Waals surface area contributed by atoms with Crippen molar-refractivity contribution in [3.63, 3.8) is 0 Å². The molecule has 1 atom stereocenters. The van der Waals surface area contributed by atoms with Crippen LogP contribution in [0.25, 0.3) is 0 Å². The van der Waals surface area contributed by atoms with Gasteiger partial charge in [-0.05, 0) is 32.6 Å². The number of hydrogen-bond acceptors (Lipinski definition) is 4. The van der Waals surface area contributed by atoms with Gasteiger partial charge < -0.3 is 15.2 Å². The maximum absolute atomic E-state index is 6.43. The summed E-state index contributed by atoms with van der Waals surface area (Å²) >= 11 is 0. The van der Waals surface area contributed by atoms with Crippen molar-refractivity contribution in [2.24, 2.45) is 11.7 Å². The average molecular weight is 286 g/mol. The Balaban J connectivity index is 2.31. The van der Waals surface area contributed by atoms with Crippen LogP contribution < -0.4 is 5.73 Å². The minimum atomic E-state index is 0.304. The van der Waals surface area contributed by atoms with E-state index in [1.54, 1.807) is 0 Å². The predicted molar refractivity (Wildman–Crippen MR) is 84.0 cm³/mol. The molecule has 0 heterocycles. The fourth-order valence-electron chi connectivity index (χ4n) is 2.98. The lowest BCUT2D eigenvalue weighted by atomic mass is 9.84. The molecular formula is C16H34N2O2. The predicted octanol–water partition coefficient (Wildman–Crippen LogP) is 2.27. The Hall–Kier alpha value is -0.160. The summed E-state index contributed by atoms with van der Waals surface area (Å²) in [5, 5.41) is 0. The highest BCUT2D eigenvalue weighted by Crippen LogP contribution is 2.25. The molecule has 0 saturated heterocycles. The molecule has 1 unspecified atom stereocenters. The fraction of sp³-hybridized carbons (Fsp3) is 1.00. The summed E-state index contributed by atoms with van der Waals surface area (Å²) in [6, 6.07) is 0.304. The van der Waals surface area contributed by atoms with Gasteiger partial charge >= 0.3 is 0 Å². The third-order valence-electron chi connectivity index (χ3n) is 4.24. The molecule has 1 aliphatic carbocycles. The average Bonchev–Trinajstić information content (AvgIpc) is 2.48. The van der Waals surface area contributed by atoms with Crippen molar-refractivity contribution in [3.05, 3.63) is 0 Å². The van der Waals surface area contributed by atoms with Gasteiger partial charge in [0.05, 0.1) is 13.2 Å². The van der Waals surface area contributed by atoms with Gasteiger partial charge in [-0.15, -0.1) is 0 Å². The molecule has 120 valence electrons. The molecule has 0 aromatic heterocycles. The topological polar surface area (TPSA) is 47.7 Å². The van der Waals surface area contributed by atoms with E-state index in [4.69, 9.17) is 15.2 Å². The van der Waals surface area contributed by atoms with Crippen LogP contribution in [0.1, 0.15) is 46.0 Å². The first-order valence-corrected chi connectivity index (χ1v) is 8.41. The molecule has 4 heteroatoms. The minimum Gasteiger partial charge on any atom is -0.380 e. The lowest BCUT2D eigenvalue weighted by Crippen LogP contribution is -2.45. The van der Waals surface area contributed by atoms with Gasteiger partial charge in [0.1, 0.15) is 0 Å². The summed E-state index contributed by atoms with van der Waals surface area (Å²) in [5.41, 5.74) is 6.43. The van der Waals surface area contributed by atoms with Gasteiger partial charge in [-0.2, -0.15) is 0 Å². The monoisotopic (exact) mass is 286 g/mol. The summed E-state index contributed by atoms with van der Waals surface area (Å²) in [6.07, 6.45) is 6.73. The molecule has 0 aliphatic heterocycles. The van der Waals surface area contributed by atoms with Crippen LogP contribution in [0.4, 0.5) is 0 Å². The SMILES string of the molecule is CCOCCN(CCOCC)CC(N)C1CCCCC1. The summed E-state index contributed by atoms with van der Waals surface area (Å²) in [7, 11) is 0. The van der Waals surface area contributed by atoms with Crippen LogP contribution in [0.5, 0.6) is 0 Å². The number of nitrogens with two attached hydrogens (primary N) is 1. The van der Waals surface area contributed by atoms with Crippen molar-refractivity contribution < 1.29 is 9.47 Å². The van der Waals surface area contributed by atoms with E-state index in [-0.39, 0.29) is 0 Å². The van der Waals surface area contributed by atoms with Crippen LogP contribution in [-0.2, 0) is 9.47 Å². The highest BCUT2D eigenvalue weighted by atomic mass is 16.5. The van der Waals surface area contributed by atoms with E-state index in [0.29, 0.717) is 12.0 Å². The van der Waals surface area contributed by atoms with Gasteiger partial charge in [0, 0.05) is 38.9 Å². The van der Waals surface area contributed by atoms with Crippen molar-refractivity contribution in [1.29, 1.82) is 0 Å². The Kier molecular flexibility index (Phi) is 10.3. The quantitative estimate of drug-likeness (QED) is 0.592. The largest absolute Gasteiger partial charge is 0.380 e. The molecule has 1 rings (SSSR count). The lowest BCUT2D eigenvalue weighted by molar-refractivity contribution is 0.0756. The normalized spacial score (nSPS) is 18.6. The van der Waals surface area contributed by atoms with Crippen LogP contribution in [0.3, 0.4) is 0 Å². The zero-order chi connectivity index (χ0) is 14.6. The molecule has 1 aliphatic rings. The van der Waals surface area contributed by atoms with E-state index in [1.165, 1.54) is 32.1 Å². The van der Waals surface area contributed by atoms with Crippen molar-refractivity contribution in [2.75, 3.05) is 46.1 Å². The highest BCUT2D eigenvalue weighted by Gasteiger charge is 2.22. The van der Waals surface area contributed by atoms with Gasteiger partial charge in [-0.3, -0.25) is 4.90 Å². The standard InChI is InChI=1S/C16H34N2O2/c1-3-19-12-10-18(11-13-20-4-2)14-16(17)15-8-6-5-7-9-15/h15-16H,3-14,17H2,1-2H3. The third kappa shape index (κ3) is 7.58. The summed E-state index contributed by atoms with van der Waals surface area (Å²) in [6.45, 7) is 10.1. The molecule has 1 fully saturated rings. The molecule has 0 aromatic rings. The molecular weight excluding hydrogens is 252 g/mol. The first-order valence-electron chi connectivity index (χ1n) is 8.41. The van der Waals surface area contributed by atoms with Crippen LogP contribution in [0.15, 0.2) is 0 Å². The van der Waals surface area contributed by atoms with E-state index in [9.17, 15) is 0 Å². The third-order valence-corrected chi connectivity index (χ3v) is 4.24. The molecule has 4 nitrogen and oxygen atoms in total. The van der Waals surface area contributed by atoms with Crippen LogP contribution in [-0.4, -0.2) is 57.0 Å². The molecule has 20 heavy (non-hydrogen) atoms. The van der Waals surface area contributed by atoms with Crippen LogP contribution in [0.2, 0.25) is 0 Å². The van der Waals surface area contributed by atoms with Crippen molar-refractivity contribution in [1.82, 2.24) is 4.90 Å². The highest BCUT2D eigenvalue weighted by molar-refractivity contribution is 4.79. The van der Waals surface area contributed by atoms with E-state index >= 15 is 0 Å². The Bertz CT molecular complexity index is 211. The molecule has 1 saturated carbocycles. The molecule has 2 N–H and O–H groups in total. The molecule has 0 spiro atoms. The maximum atomic E-state index is 6.43. The van der Waals surface area contributed by atoms with Gasteiger partial charge in [0.25, 0.3) is 0 Å². The van der Waals surface area contributed by atoms with E-state index in [1.807, 2.05) is 13.8 Å². The molecule has 0 aromatic carbocycles. The smallest absolute Gasteiger partial charge is 0.0593 e. The zero-order valence-electron chi connectivity index (χ0n) is 13.5. The second-order valence-corrected chi connectivity index (χ2v) is 5.76.